The molecular formula is C9H19NO. The quantitative estimate of drug-likeness (QED) is 0.609. The molecule has 0 aliphatic carbocycles. The lowest BCUT2D eigenvalue weighted by molar-refractivity contribution is -0.185. The van der Waals surface area contributed by atoms with Crippen molar-refractivity contribution < 1.29 is 4.84 Å². The highest BCUT2D eigenvalue weighted by Gasteiger charge is 2.09. The molecule has 0 saturated carbocycles. The van der Waals surface area contributed by atoms with E-state index in [9.17, 15) is 0 Å². The molecule has 1 rings (SSSR count). The van der Waals surface area contributed by atoms with Gasteiger partial charge in [0.15, 0.2) is 0 Å². The minimum absolute atomic E-state index is 0.341. The third-order valence-electron chi connectivity index (χ3n) is 1.92. The van der Waals surface area contributed by atoms with Gasteiger partial charge < -0.3 is 0 Å². The van der Waals surface area contributed by atoms with Crippen molar-refractivity contribution in [3.63, 3.8) is 0 Å². The zero-order chi connectivity index (χ0) is 8.10. The molecule has 0 N–H and O–H groups in total. The van der Waals surface area contributed by atoms with Crippen LogP contribution in [0.3, 0.4) is 0 Å². The number of hydrogen-bond acceptors (Lipinski definition) is 2. The summed E-state index contributed by atoms with van der Waals surface area (Å²) >= 11 is 0. The Morgan fingerprint density at radius 1 is 1.00 bits per heavy atom. The molecule has 66 valence electrons. The van der Waals surface area contributed by atoms with Crippen molar-refractivity contribution in [2.75, 3.05) is 13.1 Å². The van der Waals surface area contributed by atoms with Crippen LogP contribution in [-0.2, 0) is 4.84 Å². The molecule has 0 unspecified atom stereocenters. The molecule has 1 aliphatic rings. The summed E-state index contributed by atoms with van der Waals surface area (Å²) in [4.78, 5) is 5.60. The van der Waals surface area contributed by atoms with Gasteiger partial charge in [0.05, 0.1) is 6.10 Å². The Bertz CT molecular complexity index is 95.7. The molecule has 1 fully saturated rings. The highest BCUT2D eigenvalue weighted by Crippen LogP contribution is 2.10. The van der Waals surface area contributed by atoms with Crippen molar-refractivity contribution >= 4 is 0 Å². The zero-order valence-electron chi connectivity index (χ0n) is 7.68. The maximum absolute atomic E-state index is 5.60. The average Bonchev–Trinajstić information content (AvgIpc) is 2.14. The standard InChI is InChI=1S/C9H19NO/c1-9(2)11-10-7-5-3-4-6-8-10/h9H,3-8H2,1-2H3. The molecule has 1 heterocycles. The first-order valence-corrected chi connectivity index (χ1v) is 4.71. The molecule has 1 saturated heterocycles. The van der Waals surface area contributed by atoms with Gasteiger partial charge in [-0.3, -0.25) is 4.84 Å². The summed E-state index contributed by atoms with van der Waals surface area (Å²) in [7, 11) is 0. The fraction of sp³-hybridized carbons (Fsp3) is 1.00. The van der Waals surface area contributed by atoms with E-state index in [4.69, 9.17) is 4.84 Å². The molecule has 11 heavy (non-hydrogen) atoms. The molecule has 0 amide bonds. The van der Waals surface area contributed by atoms with Gasteiger partial charge in [-0.05, 0) is 26.7 Å². The normalized spacial score (nSPS) is 22.1. The summed E-state index contributed by atoms with van der Waals surface area (Å²) in [5.74, 6) is 0. The van der Waals surface area contributed by atoms with E-state index in [0.29, 0.717) is 6.10 Å². The molecule has 0 atom stereocenters. The lowest BCUT2D eigenvalue weighted by Crippen LogP contribution is -2.28. The van der Waals surface area contributed by atoms with Crippen LogP contribution in [0.5, 0.6) is 0 Å². The fourth-order valence-electron chi connectivity index (χ4n) is 1.45. The molecule has 0 spiro atoms. The first kappa shape index (κ1) is 9.01. The highest BCUT2D eigenvalue weighted by molar-refractivity contribution is 4.56. The molecule has 2 heteroatoms. The maximum Gasteiger partial charge on any atom is 0.0737 e. The monoisotopic (exact) mass is 157 g/mol. The Balaban J connectivity index is 2.20. The van der Waals surface area contributed by atoms with Crippen LogP contribution in [0.4, 0.5) is 0 Å². The summed E-state index contributed by atoms with van der Waals surface area (Å²) in [5.41, 5.74) is 0. The molecule has 0 aromatic carbocycles. The van der Waals surface area contributed by atoms with Crippen LogP contribution in [0.15, 0.2) is 0 Å². The van der Waals surface area contributed by atoms with Gasteiger partial charge in [-0.25, -0.2) is 0 Å². The van der Waals surface area contributed by atoms with E-state index in [1.807, 2.05) is 0 Å². The van der Waals surface area contributed by atoms with E-state index in [0.717, 1.165) is 13.1 Å². The van der Waals surface area contributed by atoms with E-state index < -0.39 is 0 Å². The van der Waals surface area contributed by atoms with Crippen molar-refractivity contribution in [1.82, 2.24) is 5.06 Å². The Morgan fingerprint density at radius 3 is 2.00 bits per heavy atom. The summed E-state index contributed by atoms with van der Waals surface area (Å²) in [6.07, 6.45) is 5.68. The third-order valence-corrected chi connectivity index (χ3v) is 1.92. The van der Waals surface area contributed by atoms with Crippen molar-refractivity contribution in [3.8, 4) is 0 Å². The van der Waals surface area contributed by atoms with Gasteiger partial charge in [0, 0.05) is 13.1 Å². The Hall–Kier alpha value is -0.0800. The molecule has 1 aliphatic heterocycles. The van der Waals surface area contributed by atoms with Crippen LogP contribution in [0.2, 0.25) is 0 Å². The lowest BCUT2D eigenvalue weighted by Gasteiger charge is -2.21. The van der Waals surface area contributed by atoms with Crippen LogP contribution < -0.4 is 0 Å². The average molecular weight is 157 g/mol. The topological polar surface area (TPSA) is 12.5 Å². The van der Waals surface area contributed by atoms with Crippen LogP contribution >= 0.6 is 0 Å². The second kappa shape index (κ2) is 4.73. The second-order valence-electron chi connectivity index (χ2n) is 3.50. The van der Waals surface area contributed by atoms with E-state index >= 15 is 0 Å². The number of hydroxylamine groups is 2. The summed E-state index contributed by atoms with van der Waals surface area (Å²) in [6.45, 7) is 6.42. The van der Waals surface area contributed by atoms with Crippen LogP contribution in [0.1, 0.15) is 39.5 Å². The predicted molar refractivity (Wildman–Crippen MR) is 46.3 cm³/mol. The highest BCUT2D eigenvalue weighted by atomic mass is 16.7. The first-order chi connectivity index (χ1) is 5.29. The van der Waals surface area contributed by atoms with Gasteiger partial charge in [0.2, 0.25) is 0 Å². The Labute approximate surface area is 69.5 Å². The van der Waals surface area contributed by atoms with Gasteiger partial charge in [-0.1, -0.05) is 12.8 Å². The van der Waals surface area contributed by atoms with E-state index in [1.54, 1.807) is 0 Å². The largest absolute Gasteiger partial charge is 0.296 e. The molecule has 0 aromatic rings. The van der Waals surface area contributed by atoms with Crippen molar-refractivity contribution in [3.05, 3.63) is 0 Å². The van der Waals surface area contributed by atoms with Crippen LogP contribution in [0, 0.1) is 0 Å². The fourth-order valence-corrected chi connectivity index (χ4v) is 1.45. The van der Waals surface area contributed by atoms with Crippen molar-refractivity contribution in [2.45, 2.75) is 45.6 Å². The van der Waals surface area contributed by atoms with E-state index in [2.05, 4.69) is 18.9 Å². The number of hydrogen-bond donors (Lipinski definition) is 0. The van der Waals surface area contributed by atoms with Gasteiger partial charge in [0.25, 0.3) is 0 Å². The number of nitrogens with zero attached hydrogens (tertiary/aromatic N) is 1. The predicted octanol–water partition coefficient (Wildman–Crippen LogP) is 2.20. The minimum atomic E-state index is 0.341. The van der Waals surface area contributed by atoms with Crippen molar-refractivity contribution in [2.24, 2.45) is 0 Å². The van der Waals surface area contributed by atoms with Crippen LogP contribution in [-0.4, -0.2) is 24.3 Å². The molecule has 0 aromatic heterocycles. The molecule has 0 bridgehead atoms. The SMILES string of the molecule is CC(C)ON1CCCCCC1. The Morgan fingerprint density at radius 2 is 1.55 bits per heavy atom. The molecular weight excluding hydrogens is 138 g/mol. The summed E-state index contributed by atoms with van der Waals surface area (Å²) < 4.78 is 0. The van der Waals surface area contributed by atoms with E-state index in [-0.39, 0.29) is 0 Å². The van der Waals surface area contributed by atoms with Gasteiger partial charge in [0.1, 0.15) is 0 Å². The van der Waals surface area contributed by atoms with E-state index in [1.165, 1.54) is 25.7 Å². The van der Waals surface area contributed by atoms with Gasteiger partial charge >= 0.3 is 0 Å². The zero-order valence-corrected chi connectivity index (χ0v) is 7.68. The Kier molecular flexibility index (Phi) is 3.87. The van der Waals surface area contributed by atoms with Gasteiger partial charge in [-0.15, -0.1) is 0 Å². The lowest BCUT2D eigenvalue weighted by atomic mass is 10.2. The molecule has 2 nitrogen and oxygen atoms in total. The summed E-state index contributed by atoms with van der Waals surface area (Å²) in [6, 6.07) is 0. The third kappa shape index (κ3) is 3.73. The maximum atomic E-state index is 5.60. The number of rotatable bonds is 2. The summed E-state index contributed by atoms with van der Waals surface area (Å²) in [5, 5.41) is 2.12. The first-order valence-electron chi connectivity index (χ1n) is 4.71. The van der Waals surface area contributed by atoms with Gasteiger partial charge in [-0.2, -0.15) is 5.06 Å². The van der Waals surface area contributed by atoms with Crippen LogP contribution in [0.25, 0.3) is 0 Å². The second-order valence-corrected chi connectivity index (χ2v) is 3.50. The molecule has 0 radical (unpaired) electrons. The van der Waals surface area contributed by atoms with Crippen molar-refractivity contribution in [1.29, 1.82) is 0 Å². The minimum Gasteiger partial charge on any atom is -0.296 e. The smallest absolute Gasteiger partial charge is 0.0737 e.